The van der Waals surface area contributed by atoms with Gasteiger partial charge in [-0.05, 0) is 31.6 Å². The van der Waals surface area contributed by atoms with E-state index in [4.69, 9.17) is 0 Å². The molecule has 2 unspecified atom stereocenters. The number of nitrogens with one attached hydrogen (secondary N) is 1. The number of hydrogen-bond acceptors (Lipinski definition) is 3. The maximum absolute atomic E-state index is 12.2. The molecular weight excluding hydrogens is 204 g/mol. The second-order valence-electron chi connectivity index (χ2n) is 5.08. The largest absolute Gasteiger partial charge is 0.392 e. The Kier molecular flexibility index (Phi) is 3.82. The lowest BCUT2D eigenvalue weighted by molar-refractivity contribution is -0.133. The zero-order chi connectivity index (χ0) is 11.5. The van der Waals surface area contributed by atoms with Crippen LogP contribution in [0.1, 0.15) is 32.6 Å². The Morgan fingerprint density at radius 3 is 2.75 bits per heavy atom. The normalized spacial score (nSPS) is 29.4. The molecule has 0 aromatic carbocycles. The van der Waals surface area contributed by atoms with Crippen LogP contribution in [0.5, 0.6) is 0 Å². The SMILES string of the molecule is CCCN(CC1CC1)C(=O)C1CC(O)CN1. The van der Waals surface area contributed by atoms with Crippen LogP contribution in [0.2, 0.25) is 0 Å². The quantitative estimate of drug-likeness (QED) is 0.711. The first-order chi connectivity index (χ1) is 7.70. The van der Waals surface area contributed by atoms with Gasteiger partial charge in [0.2, 0.25) is 5.91 Å². The minimum absolute atomic E-state index is 0.153. The number of carbonyl (C=O) groups is 1. The minimum Gasteiger partial charge on any atom is -0.392 e. The van der Waals surface area contributed by atoms with E-state index in [2.05, 4.69) is 12.2 Å². The van der Waals surface area contributed by atoms with Gasteiger partial charge in [0, 0.05) is 19.6 Å². The average Bonchev–Trinajstić information content (AvgIpc) is 2.97. The number of aliphatic hydroxyl groups excluding tert-OH is 1. The number of carbonyl (C=O) groups excluding carboxylic acids is 1. The van der Waals surface area contributed by atoms with Crippen molar-refractivity contribution < 1.29 is 9.90 Å². The van der Waals surface area contributed by atoms with Crippen molar-refractivity contribution >= 4 is 5.91 Å². The number of rotatable bonds is 5. The fourth-order valence-electron chi connectivity index (χ4n) is 2.30. The Bertz CT molecular complexity index is 253. The maximum atomic E-state index is 12.2. The predicted molar refractivity (Wildman–Crippen MR) is 62.0 cm³/mol. The fraction of sp³-hybridized carbons (Fsp3) is 0.917. The summed E-state index contributed by atoms with van der Waals surface area (Å²) in [6.45, 7) is 4.43. The molecule has 2 N–H and O–H groups in total. The van der Waals surface area contributed by atoms with Crippen molar-refractivity contribution in [3.05, 3.63) is 0 Å². The number of hydrogen-bond donors (Lipinski definition) is 2. The van der Waals surface area contributed by atoms with Gasteiger partial charge in [0.05, 0.1) is 12.1 Å². The standard InChI is InChI=1S/C12H22N2O2/c1-2-5-14(8-9-3-4-9)12(16)11-6-10(15)7-13-11/h9-11,13,15H,2-8H2,1H3. The van der Waals surface area contributed by atoms with Crippen LogP contribution in [0.3, 0.4) is 0 Å². The third kappa shape index (κ3) is 2.95. The van der Waals surface area contributed by atoms with Crippen molar-refractivity contribution in [2.75, 3.05) is 19.6 Å². The summed E-state index contributed by atoms with van der Waals surface area (Å²) in [4.78, 5) is 14.2. The van der Waals surface area contributed by atoms with Crippen LogP contribution in [0, 0.1) is 5.92 Å². The lowest BCUT2D eigenvalue weighted by Gasteiger charge is -2.25. The molecule has 1 saturated heterocycles. The van der Waals surface area contributed by atoms with Crippen LogP contribution < -0.4 is 5.32 Å². The van der Waals surface area contributed by atoms with Crippen LogP contribution in [-0.4, -0.2) is 47.7 Å². The third-order valence-electron chi connectivity index (χ3n) is 3.39. The smallest absolute Gasteiger partial charge is 0.239 e. The van der Waals surface area contributed by atoms with E-state index >= 15 is 0 Å². The lowest BCUT2D eigenvalue weighted by atomic mass is 10.1. The maximum Gasteiger partial charge on any atom is 0.239 e. The number of β-amino-alcohol motifs (C(OH)–C–C–N with tert-alkyl or cyclic N) is 1. The molecule has 1 saturated carbocycles. The van der Waals surface area contributed by atoms with Gasteiger partial charge in [-0.1, -0.05) is 6.92 Å². The van der Waals surface area contributed by atoms with Gasteiger partial charge in [0.1, 0.15) is 0 Å². The Labute approximate surface area is 97.0 Å². The van der Waals surface area contributed by atoms with E-state index in [1.165, 1.54) is 12.8 Å². The Balaban J connectivity index is 1.87. The highest BCUT2D eigenvalue weighted by molar-refractivity contribution is 5.82. The van der Waals surface area contributed by atoms with Gasteiger partial charge in [-0.3, -0.25) is 4.79 Å². The van der Waals surface area contributed by atoms with Crippen LogP contribution in [0.4, 0.5) is 0 Å². The Morgan fingerprint density at radius 1 is 1.50 bits per heavy atom. The highest BCUT2D eigenvalue weighted by atomic mass is 16.3. The summed E-state index contributed by atoms with van der Waals surface area (Å²) in [5.74, 6) is 0.923. The molecule has 2 aliphatic rings. The van der Waals surface area contributed by atoms with Crippen LogP contribution >= 0.6 is 0 Å². The molecule has 4 nitrogen and oxygen atoms in total. The van der Waals surface area contributed by atoms with E-state index in [0.29, 0.717) is 13.0 Å². The molecule has 1 aliphatic carbocycles. The first-order valence-corrected chi connectivity index (χ1v) is 6.41. The van der Waals surface area contributed by atoms with E-state index < -0.39 is 0 Å². The van der Waals surface area contributed by atoms with Gasteiger partial charge >= 0.3 is 0 Å². The second kappa shape index (κ2) is 5.15. The Morgan fingerprint density at radius 2 is 2.25 bits per heavy atom. The van der Waals surface area contributed by atoms with E-state index in [1.54, 1.807) is 0 Å². The molecule has 2 rings (SSSR count). The molecule has 2 atom stereocenters. The molecule has 0 bridgehead atoms. The molecule has 1 aliphatic heterocycles. The predicted octanol–water partition coefficient (Wildman–Crippen LogP) is 0.358. The van der Waals surface area contributed by atoms with Gasteiger partial charge in [-0.15, -0.1) is 0 Å². The first-order valence-electron chi connectivity index (χ1n) is 6.41. The average molecular weight is 226 g/mol. The monoisotopic (exact) mass is 226 g/mol. The molecule has 0 aromatic rings. The summed E-state index contributed by atoms with van der Waals surface area (Å²) in [6.07, 6.45) is 3.78. The number of amides is 1. The highest BCUT2D eigenvalue weighted by Gasteiger charge is 2.33. The van der Waals surface area contributed by atoms with Crippen LogP contribution in [0.15, 0.2) is 0 Å². The van der Waals surface area contributed by atoms with Gasteiger partial charge < -0.3 is 15.3 Å². The van der Waals surface area contributed by atoms with Crippen LogP contribution in [0.25, 0.3) is 0 Å². The van der Waals surface area contributed by atoms with Crippen molar-refractivity contribution in [2.24, 2.45) is 5.92 Å². The van der Waals surface area contributed by atoms with E-state index in [1.807, 2.05) is 4.90 Å². The fourth-order valence-corrected chi connectivity index (χ4v) is 2.30. The van der Waals surface area contributed by atoms with Crippen molar-refractivity contribution in [3.63, 3.8) is 0 Å². The summed E-state index contributed by atoms with van der Waals surface area (Å²) in [5, 5.41) is 12.5. The zero-order valence-electron chi connectivity index (χ0n) is 9.98. The summed E-state index contributed by atoms with van der Waals surface area (Å²) < 4.78 is 0. The van der Waals surface area contributed by atoms with Crippen molar-refractivity contribution in [1.82, 2.24) is 10.2 Å². The molecule has 4 heteroatoms. The summed E-state index contributed by atoms with van der Waals surface area (Å²) in [6, 6.07) is -0.153. The van der Waals surface area contributed by atoms with Gasteiger partial charge in [0.25, 0.3) is 0 Å². The molecule has 0 spiro atoms. The topological polar surface area (TPSA) is 52.6 Å². The van der Waals surface area contributed by atoms with Crippen LogP contribution in [-0.2, 0) is 4.79 Å². The molecule has 2 fully saturated rings. The molecule has 92 valence electrons. The lowest BCUT2D eigenvalue weighted by Crippen LogP contribution is -2.44. The van der Waals surface area contributed by atoms with Crippen molar-refractivity contribution in [2.45, 2.75) is 44.8 Å². The zero-order valence-corrected chi connectivity index (χ0v) is 9.98. The number of nitrogens with zero attached hydrogens (tertiary/aromatic N) is 1. The highest BCUT2D eigenvalue weighted by Crippen LogP contribution is 2.30. The second-order valence-corrected chi connectivity index (χ2v) is 5.08. The van der Waals surface area contributed by atoms with E-state index in [-0.39, 0.29) is 18.1 Å². The van der Waals surface area contributed by atoms with E-state index in [9.17, 15) is 9.90 Å². The minimum atomic E-state index is -0.349. The summed E-state index contributed by atoms with van der Waals surface area (Å²) >= 11 is 0. The number of aliphatic hydroxyl groups is 1. The van der Waals surface area contributed by atoms with Gasteiger partial charge in [-0.2, -0.15) is 0 Å². The van der Waals surface area contributed by atoms with Gasteiger partial charge in [0.15, 0.2) is 0 Å². The molecule has 1 amide bonds. The third-order valence-corrected chi connectivity index (χ3v) is 3.39. The molecule has 0 aromatic heterocycles. The summed E-state index contributed by atoms with van der Waals surface area (Å²) in [7, 11) is 0. The molecule has 0 radical (unpaired) electrons. The molecule has 16 heavy (non-hydrogen) atoms. The molecular formula is C12H22N2O2. The van der Waals surface area contributed by atoms with Crippen molar-refractivity contribution in [1.29, 1.82) is 0 Å². The van der Waals surface area contributed by atoms with Crippen molar-refractivity contribution in [3.8, 4) is 0 Å². The Hall–Kier alpha value is -0.610. The summed E-state index contributed by atoms with van der Waals surface area (Å²) in [5.41, 5.74) is 0. The first kappa shape index (κ1) is 11.9. The molecule has 1 heterocycles. The van der Waals surface area contributed by atoms with E-state index in [0.717, 1.165) is 25.4 Å². The van der Waals surface area contributed by atoms with Gasteiger partial charge in [-0.25, -0.2) is 0 Å².